The van der Waals surface area contributed by atoms with Gasteiger partial charge in [0, 0.05) is 54.4 Å². The smallest absolute Gasteiger partial charge is 0.247 e. The molecule has 2 aromatic heterocycles. The van der Waals surface area contributed by atoms with Gasteiger partial charge in [-0.05, 0) is 82.1 Å². The number of amides is 1. The average Bonchev–Trinajstić information content (AvgIpc) is 3.46. The van der Waals surface area contributed by atoms with Crippen molar-refractivity contribution < 1.29 is 13.2 Å². The highest BCUT2D eigenvalue weighted by atomic mass is 32.2. The summed E-state index contributed by atoms with van der Waals surface area (Å²) in [5, 5.41) is 9.67. The number of carbonyl (C=O) groups is 1. The molecule has 2 aliphatic heterocycles. The maximum atomic E-state index is 13.5. The van der Waals surface area contributed by atoms with Crippen molar-refractivity contribution in [2.24, 2.45) is 0 Å². The summed E-state index contributed by atoms with van der Waals surface area (Å²) in [7, 11) is -1.43. The van der Waals surface area contributed by atoms with Crippen molar-refractivity contribution in [3.05, 3.63) is 53.9 Å². The number of hydrogen-bond donors (Lipinski definition) is 1. The highest BCUT2D eigenvalue weighted by molar-refractivity contribution is 7.89. The Kier molecular flexibility index (Phi) is 6.52. The van der Waals surface area contributed by atoms with Gasteiger partial charge in [-0.15, -0.1) is 0 Å². The molecule has 206 valence electrons. The zero-order chi connectivity index (χ0) is 27.5. The first-order chi connectivity index (χ1) is 18.6. The molecule has 2 aromatic carbocycles. The lowest BCUT2D eigenvalue weighted by atomic mass is 10.1. The number of nitrogens with one attached hydrogen (secondary N) is 1. The standard InChI is InChI=1S/C29H36N6O3S/c1-19-12-22-15-30-35(23-17-32(4)18-23)28(22)14-26(19)31-29(36)21(3)34-16-20(2)25-13-24(8-9-27(25)34)39(37,38)33-10-6-5-7-11-33/h8-9,12-16,21,23H,5-7,10-11,17-18H2,1-4H3,(H,31,36). The number of anilines is 1. The SMILES string of the molecule is Cc1cc2cnn(C3CN(C)C3)c2cc1NC(=O)C(C)n1cc(C)c2cc(S(=O)(=O)N3CCCCC3)ccc21. The van der Waals surface area contributed by atoms with E-state index in [1.165, 1.54) is 0 Å². The van der Waals surface area contributed by atoms with Gasteiger partial charge >= 0.3 is 0 Å². The second-order valence-electron chi connectivity index (χ2n) is 11.2. The zero-order valence-electron chi connectivity index (χ0n) is 23.0. The van der Waals surface area contributed by atoms with Gasteiger partial charge in [0.1, 0.15) is 6.04 Å². The number of nitrogens with zero attached hydrogens (tertiary/aromatic N) is 5. The lowest BCUT2D eigenvalue weighted by Crippen LogP contribution is -2.45. The number of piperidine rings is 1. The van der Waals surface area contributed by atoms with E-state index in [2.05, 4.69) is 33.1 Å². The lowest BCUT2D eigenvalue weighted by molar-refractivity contribution is -0.118. The van der Waals surface area contributed by atoms with E-state index in [1.54, 1.807) is 16.4 Å². The van der Waals surface area contributed by atoms with Crippen LogP contribution < -0.4 is 5.32 Å². The molecule has 1 N–H and O–H groups in total. The molecule has 6 rings (SSSR count). The zero-order valence-corrected chi connectivity index (χ0v) is 23.8. The first kappa shape index (κ1) is 26.0. The van der Waals surface area contributed by atoms with E-state index in [0.717, 1.165) is 71.0 Å². The first-order valence-electron chi connectivity index (χ1n) is 13.7. The van der Waals surface area contributed by atoms with Gasteiger partial charge in [0.25, 0.3) is 0 Å². The van der Waals surface area contributed by atoms with E-state index in [9.17, 15) is 13.2 Å². The normalized spacial score (nSPS) is 18.5. The molecule has 2 saturated heterocycles. The van der Waals surface area contributed by atoms with Gasteiger partial charge < -0.3 is 14.8 Å². The summed E-state index contributed by atoms with van der Waals surface area (Å²) in [5.41, 5.74) is 4.55. The number of aromatic nitrogens is 3. The van der Waals surface area contributed by atoms with E-state index < -0.39 is 16.1 Å². The fourth-order valence-corrected chi connectivity index (χ4v) is 7.50. The number of hydrogen-bond acceptors (Lipinski definition) is 5. The Hall–Kier alpha value is -3.21. The van der Waals surface area contributed by atoms with Crippen molar-refractivity contribution in [2.75, 3.05) is 38.5 Å². The van der Waals surface area contributed by atoms with Crippen LogP contribution in [0.5, 0.6) is 0 Å². The van der Waals surface area contributed by atoms with Gasteiger partial charge in [0.15, 0.2) is 0 Å². The van der Waals surface area contributed by atoms with Gasteiger partial charge in [-0.2, -0.15) is 9.40 Å². The maximum Gasteiger partial charge on any atom is 0.247 e. The third kappa shape index (κ3) is 4.54. The van der Waals surface area contributed by atoms with E-state index >= 15 is 0 Å². The van der Waals surface area contributed by atoms with Crippen molar-refractivity contribution in [2.45, 2.75) is 57.0 Å². The largest absolute Gasteiger partial charge is 0.335 e. The molecular formula is C29H36N6O3S. The summed E-state index contributed by atoms with van der Waals surface area (Å²) in [6, 6.07) is 9.20. The second kappa shape index (κ2) is 9.76. The Morgan fingerprint density at radius 1 is 1.03 bits per heavy atom. The highest BCUT2D eigenvalue weighted by Crippen LogP contribution is 2.31. The van der Waals surface area contributed by atoms with Crippen molar-refractivity contribution in [3.63, 3.8) is 0 Å². The van der Waals surface area contributed by atoms with E-state index in [1.807, 2.05) is 49.9 Å². The van der Waals surface area contributed by atoms with Crippen molar-refractivity contribution in [3.8, 4) is 0 Å². The molecule has 0 radical (unpaired) electrons. The second-order valence-corrected chi connectivity index (χ2v) is 13.2. The predicted octanol–water partition coefficient (Wildman–Crippen LogP) is 4.47. The minimum Gasteiger partial charge on any atom is -0.335 e. The molecule has 1 unspecified atom stereocenters. The average molecular weight is 549 g/mol. The Bertz CT molecular complexity index is 1680. The molecule has 10 heteroatoms. The summed E-state index contributed by atoms with van der Waals surface area (Å²) in [5.74, 6) is -0.131. The minimum absolute atomic E-state index is 0.131. The van der Waals surface area contributed by atoms with Crippen LogP contribution in [0.3, 0.4) is 0 Å². The molecule has 39 heavy (non-hydrogen) atoms. The van der Waals surface area contributed by atoms with E-state index in [4.69, 9.17) is 0 Å². The Balaban J connectivity index is 1.27. The van der Waals surface area contributed by atoms with Crippen molar-refractivity contribution in [1.82, 2.24) is 23.6 Å². The van der Waals surface area contributed by atoms with Crippen LogP contribution in [0.2, 0.25) is 0 Å². The van der Waals surface area contributed by atoms with Crippen molar-refractivity contribution >= 4 is 43.4 Å². The molecule has 2 fully saturated rings. The number of benzene rings is 2. The topological polar surface area (TPSA) is 92.5 Å². The molecule has 1 amide bonds. The van der Waals surface area contributed by atoms with Crippen LogP contribution in [-0.2, 0) is 14.8 Å². The fraction of sp³-hybridized carbons (Fsp3) is 0.448. The lowest BCUT2D eigenvalue weighted by Gasteiger charge is -2.36. The fourth-order valence-electron chi connectivity index (χ4n) is 5.96. The number of aryl methyl sites for hydroxylation is 2. The molecule has 0 spiro atoms. The van der Waals surface area contributed by atoms with Crippen LogP contribution in [-0.4, -0.2) is 71.1 Å². The number of likely N-dealkylation sites (tertiary alicyclic amines) is 1. The maximum absolute atomic E-state index is 13.5. The van der Waals surface area contributed by atoms with Gasteiger partial charge in [0.2, 0.25) is 15.9 Å². The summed E-state index contributed by atoms with van der Waals surface area (Å²) in [6.07, 6.45) is 6.70. The predicted molar refractivity (Wildman–Crippen MR) is 154 cm³/mol. The number of rotatable bonds is 6. The number of sulfonamides is 1. The molecule has 0 saturated carbocycles. The van der Waals surface area contributed by atoms with Gasteiger partial charge in [0.05, 0.1) is 22.7 Å². The molecule has 4 heterocycles. The van der Waals surface area contributed by atoms with Crippen LogP contribution in [0.25, 0.3) is 21.8 Å². The molecular weight excluding hydrogens is 512 g/mol. The Labute approximate surface area is 229 Å². The minimum atomic E-state index is -3.53. The monoisotopic (exact) mass is 548 g/mol. The number of carbonyl (C=O) groups excluding carboxylic acids is 1. The van der Waals surface area contributed by atoms with Crippen LogP contribution in [0.1, 0.15) is 49.4 Å². The van der Waals surface area contributed by atoms with E-state index in [-0.39, 0.29) is 5.91 Å². The van der Waals surface area contributed by atoms with Crippen LogP contribution in [0.4, 0.5) is 5.69 Å². The highest BCUT2D eigenvalue weighted by Gasteiger charge is 2.28. The third-order valence-corrected chi connectivity index (χ3v) is 10.2. The molecule has 1 atom stereocenters. The molecule has 0 aliphatic carbocycles. The van der Waals surface area contributed by atoms with Crippen molar-refractivity contribution in [1.29, 1.82) is 0 Å². The molecule has 9 nitrogen and oxygen atoms in total. The number of likely N-dealkylation sites (N-methyl/N-ethyl adjacent to an activating group) is 1. The number of fused-ring (bicyclic) bond motifs is 2. The molecule has 2 aliphatic rings. The van der Waals surface area contributed by atoms with Gasteiger partial charge in [-0.25, -0.2) is 8.42 Å². The summed E-state index contributed by atoms with van der Waals surface area (Å²) < 4.78 is 32.1. The first-order valence-corrected chi connectivity index (χ1v) is 15.2. The Morgan fingerprint density at radius 2 is 1.77 bits per heavy atom. The summed E-state index contributed by atoms with van der Waals surface area (Å²) >= 11 is 0. The summed E-state index contributed by atoms with van der Waals surface area (Å²) in [6.45, 7) is 8.89. The van der Waals surface area contributed by atoms with Gasteiger partial charge in [-0.1, -0.05) is 6.42 Å². The molecule has 0 bridgehead atoms. The van der Waals surface area contributed by atoms with Crippen LogP contribution in [0, 0.1) is 13.8 Å². The summed E-state index contributed by atoms with van der Waals surface area (Å²) in [4.78, 5) is 16.1. The Morgan fingerprint density at radius 3 is 2.49 bits per heavy atom. The van der Waals surface area contributed by atoms with Crippen LogP contribution in [0.15, 0.2) is 47.6 Å². The quantitative estimate of drug-likeness (QED) is 0.384. The van der Waals surface area contributed by atoms with Gasteiger partial charge in [-0.3, -0.25) is 9.48 Å². The van der Waals surface area contributed by atoms with Crippen LogP contribution >= 0.6 is 0 Å². The molecule has 4 aromatic rings. The van der Waals surface area contributed by atoms with E-state index in [0.29, 0.717) is 24.0 Å². The third-order valence-electron chi connectivity index (χ3n) is 8.34.